The number of hydrogen-bond acceptors (Lipinski definition) is 4. The number of nitrogens with one attached hydrogen (secondary N) is 1. The van der Waals surface area contributed by atoms with Gasteiger partial charge in [0.25, 0.3) is 5.91 Å². The maximum absolute atomic E-state index is 12.5. The third-order valence-corrected chi connectivity index (χ3v) is 4.26. The van der Waals surface area contributed by atoms with Crippen molar-refractivity contribution in [3.8, 4) is 5.88 Å². The molecule has 1 aromatic carbocycles. The van der Waals surface area contributed by atoms with Gasteiger partial charge in [0.05, 0.1) is 18.3 Å². The van der Waals surface area contributed by atoms with Crippen LogP contribution in [-0.4, -0.2) is 28.7 Å². The highest BCUT2D eigenvalue weighted by atomic mass is 16.5. The van der Waals surface area contributed by atoms with Crippen molar-refractivity contribution < 1.29 is 14.6 Å². The Balaban J connectivity index is 1.91. The van der Waals surface area contributed by atoms with Gasteiger partial charge in [0, 0.05) is 11.5 Å². The lowest BCUT2D eigenvalue weighted by atomic mass is 9.84. The van der Waals surface area contributed by atoms with E-state index in [-0.39, 0.29) is 5.91 Å². The molecule has 0 spiro atoms. The smallest absolute Gasteiger partial charge is 0.256 e. The second-order valence-electron chi connectivity index (χ2n) is 5.78. The van der Waals surface area contributed by atoms with E-state index in [9.17, 15) is 9.90 Å². The number of methoxy groups -OCH3 is 1. The number of anilines is 1. The maximum atomic E-state index is 12.5. The minimum Gasteiger partial charge on any atom is -0.481 e. The summed E-state index contributed by atoms with van der Waals surface area (Å²) >= 11 is 0. The summed E-state index contributed by atoms with van der Waals surface area (Å²) in [6.45, 7) is 0. The predicted octanol–water partition coefficient (Wildman–Crippen LogP) is 2.88. The highest BCUT2D eigenvalue weighted by molar-refractivity contribution is 6.03. The number of aromatic nitrogens is 1. The standard InChI is InChI=1S/C17H20N2O3/c1-22-14-9-8-12-6-5-7-13(15(12)19-14)18-16(20)17(21)10-3-2-4-11-17/h5-9,21H,2-4,10-11H2,1H3,(H,18,20). The van der Waals surface area contributed by atoms with Crippen LogP contribution in [0.25, 0.3) is 10.9 Å². The molecule has 0 unspecified atom stereocenters. The molecule has 0 aliphatic heterocycles. The first-order valence-electron chi connectivity index (χ1n) is 7.60. The van der Waals surface area contributed by atoms with Crippen LogP contribution >= 0.6 is 0 Å². The Morgan fingerprint density at radius 2 is 2.00 bits per heavy atom. The molecule has 5 heteroatoms. The normalized spacial score (nSPS) is 17.2. The Bertz CT molecular complexity index is 693. The van der Waals surface area contributed by atoms with Gasteiger partial charge in [0.15, 0.2) is 0 Å². The number of carbonyl (C=O) groups excluding carboxylic acids is 1. The van der Waals surface area contributed by atoms with E-state index in [1.807, 2.05) is 18.2 Å². The summed E-state index contributed by atoms with van der Waals surface area (Å²) in [7, 11) is 1.56. The Kier molecular flexibility index (Phi) is 3.98. The lowest BCUT2D eigenvalue weighted by Gasteiger charge is -2.30. The van der Waals surface area contributed by atoms with E-state index >= 15 is 0 Å². The molecule has 1 aliphatic rings. The second-order valence-corrected chi connectivity index (χ2v) is 5.78. The van der Waals surface area contributed by atoms with E-state index in [0.717, 1.165) is 24.6 Å². The Morgan fingerprint density at radius 3 is 2.73 bits per heavy atom. The van der Waals surface area contributed by atoms with Gasteiger partial charge in [0.2, 0.25) is 5.88 Å². The van der Waals surface area contributed by atoms with Gasteiger partial charge >= 0.3 is 0 Å². The van der Waals surface area contributed by atoms with E-state index in [2.05, 4.69) is 10.3 Å². The fraction of sp³-hybridized carbons (Fsp3) is 0.412. The number of benzene rings is 1. The van der Waals surface area contributed by atoms with E-state index in [1.54, 1.807) is 19.2 Å². The number of nitrogens with zero attached hydrogens (tertiary/aromatic N) is 1. The lowest BCUT2D eigenvalue weighted by Crippen LogP contribution is -2.44. The molecule has 0 bridgehead atoms. The maximum Gasteiger partial charge on any atom is 0.256 e. The van der Waals surface area contributed by atoms with Gasteiger partial charge in [-0.2, -0.15) is 0 Å². The zero-order valence-electron chi connectivity index (χ0n) is 12.6. The summed E-state index contributed by atoms with van der Waals surface area (Å²) in [6.07, 6.45) is 3.86. The number of para-hydroxylation sites is 1. The van der Waals surface area contributed by atoms with Crippen LogP contribution in [-0.2, 0) is 4.79 Å². The van der Waals surface area contributed by atoms with Gasteiger partial charge in [-0.1, -0.05) is 31.4 Å². The van der Waals surface area contributed by atoms with Crippen LogP contribution < -0.4 is 10.1 Å². The van der Waals surface area contributed by atoms with E-state index in [4.69, 9.17) is 4.74 Å². The average molecular weight is 300 g/mol. The molecule has 1 fully saturated rings. The van der Waals surface area contributed by atoms with Crippen LogP contribution in [0.2, 0.25) is 0 Å². The van der Waals surface area contributed by atoms with Crippen molar-refractivity contribution in [2.24, 2.45) is 0 Å². The number of amides is 1. The Morgan fingerprint density at radius 1 is 1.23 bits per heavy atom. The molecule has 0 atom stereocenters. The number of aliphatic hydroxyl groups is 1. The number of ether oxygens (including phenoxy) is 1. The second kappa shape index (κ2) is 5.93. The van der Waals surface area contributed by atoms with Gasteiger partial charge in [-0.3, -0.25) is 4.79 Å². The van der Waals surface area contributed by atoms with Crippen LogP contribution in [0, 0.1) is 0 Å². The molecule has 1 amide bonds. The molecule has 5 nitrogen and oxygen atoms in total. The molecule has 1 saturated carbocycles. The number of rotatable bonds is 3. The molecule has 0 saturated heterocycles. The third-order valence-electron chi connectivity index (χ3n) is 4.26. The van der Waals surface area contributed by atoms with Crippen LogP contribution in [0.4, 0.5) is 5.69 Å². The minimum absolute atomic E-state index is 0.343. The van der Waals surface area contributed by atoms with E-state index in [1.165, 1.54) is 0 Å². The van der Waals surface area contributed by atoms with Crippen molar-refractivity contribution in [1.82, 2.24) is 4.98 Å². The van der Waals surface area contributed by atoms with Crippen molar-refractivity contribution in [3.63, 3.8) is 0 Å². The first-order chi connectivity index (χ1) is 10.6. The summed E-state index contributed by atoms with van der Waals surface area (Å²) in [5.41, 5.74) is -0.00534. The molecule has 2 aromatic rings. The first-order valence-corrected chi connectivity index (χ1v) is 7.60. The number of hydrogen-bond donors (Lipinski definition) is 2. The van der Waals surface area contributed by atoms with Crippen molar-refractivity contribution in [2.45, 2.75) is 37.7 Å². The summed E-state index contributed by atoms with van der Waals surface area (Å²) in [6, 6.07) is 9.25. The lowest BCUT2D eigenvalue weighted by molar-refractivity contribution is -0.137. The van der Waals surface area contributed by atoms with Crippen LogP contribution in [0.15, 0.2) is 30.3 Å². The van der Waals surface area contributed by atoms with Gasteiger partial charge in [-0.05, 0) is 25.0 Å². The molecule has 1 aromatic heterocycles. The van der Waals surface area contributed by atoms with Crippen molar-refractivity contribution in [3.05, 3.63) is 30.3 Å². The largest absolute Gasteiger partial charge is 0.481 e. The highest BCUT2D eigenvalue weighted by Crippen LogP contribution is 2.30. The predicted molar refractivity (Wildman–Crippen MR) is 85.0 cm³/mol. The van der Waals surface area contributed by atoms with Crippen LogP contribution in [0.1, 0.15) is 32.1 Å². The molecule has 3 rings (SSSR count). The quantitative estimate of drug-likeness (QED) is 0.914. The SMILES string of the molecule is COc1ccc2cccc(NC(=O)C3(O)CCCCC3)c2n1. The molecule has 1 aliphatic carbocycles. The van der Waals surface area contributed by atoms with Gasteiger partial charge in [-0.25, -0.2) is 4.98 Å². The number of fused-ring (bicyclic) bond motifs is 1. The van der Waals surface area contributed by atoms with Gasteiger partial charge in [-0.15, -0.1) is 0 Å². The van der Waals surface area contributed by atoms with E-state index < -0.39 is 5.60 Å². The number of pyridine rings is 1. The average Bonchev–Trinajstić information content (AvgIpc) is 2.55. The minimum atomic E-state index is -1.26. The van der Waals surface area contributed by atoms with E-state index in [0.29, 0.717) is 29.9 Å². The molecular weight excluding hydrogens is 280 g/mol. The highest BCUT2D eigenvalue weighted by Gasteiger charge is 2.37. The molecule has 116 valence electrons. The fourth-order valence-corrected chi connectivity index (χ4v) is 2.95. The number of carbonyl (C=O) groups is 1. The van der Waals surface area contributed by atoms with Crippen LogP contribution in [0.5, 0.6) is 5.88 Å². The van der Waals surface area contributed by atoms with Gasteiger partial charge in [0.1, 0.15) is 5.60 Å². The molecule has 1 heterocycles. The topological polar surface area (TPSA) is 71.5 Å². The monoisotopic (exact) mass is 300 g/mol. The molecule has 0 radical (unpaired) electrons. The van der Waals surface area contributed by atoms with Crippen molar-refractivity contribution in [1.29, 1.82) is 0 Å². The molecule has 22 heavy (non-hydrogen) atoms. The first kappa shape index (κ1) is 14.8. The zero-order chi connectivity index (χ0) is 15.6. The Labute approximate surface area is 129 Å². The summed E-state index contributed by atoms with van der Waals surface area (Å²) in [5.74, 6) is 0.148. The summed E-state index contributed by atoms with van der Waals surface area (Å²) < 4.78 is 5.15. The Hall–Kier alpha value is -2.14. The fourth-order valence-electron chi connectivity index (χ4n) is 2.95. The molecular formula is C17H20N2O3. The summed E-state index contributed by atoms with van der Waals surface area (Å²) in [4.78, 5) is 16.9. The zero-order valence-corrected chi connectivity index (χ0v) is 12.6. The van der Waals surface area contributed by atoms with Crippen molar-refractivity contribution >= 4 is 22.5 Å². The van der Waals surface area contributed by atoms with Crippen LogP contribution in [0.3, 0.4) is 0 Å². The van der Waals surface area contributed by atoms with Gasteiger partial charge < -0.3 is 15.2 Å². The summed E-state index contributed by atoms with van der Waals surface area (Å²) in [5, 5.41) is 14.3. The van der Waals surface area contributed by atoms with Crippen molar-refractivity contribution in [2.75, 3.05) is 12.4 Å². The molecule has 2 N–H and O–H groups in total. The third kappa shape index (κ3) is 2.76.